The maximum atomic E-state index is 10.7. The molecule has 0 radical (unpaired) electrons. The Hall–Kier alpha value is -1.42. The van der Waals surface area contributed by atoms with Crippen LogP contribution in [-0.4, -0.2) is 22.1 Å². The zero-order valence-corrected chi connectivity index (χ0v) is 10.4. The van der Waals surface area contributed by atoms with Crippen LogP contribution in [-0.2, 0) is 6.54 Å². The third-order valence-corrected chi connectivity index (χ3v) is 2.77. The fraction of sp³-hybridized carbons (Fsp3) is 0.538. The lowest BCUT2D eigenvalue weighted by Crippen LogP contribution is -2.28. The molecule has 0 bridgehead atoms. The van der Waals surface area contributed by atoms with Crippen molar-refractivity contribution < 1.29 is 9.90 Å². The molecule has 1 unspecified atom stereocenters. The second kappa shape index (κ2) is 7.01. The van der Waals surface area contributed by atoms with Crippen molar-refractivity contribution >= 4 is 5.97 Å². The van der Waals surface area contributed by atoms with Crippen molar-refractivity contribution in [2.24, 2.45) is 0 Å². The number of pyridine rings is 1. The molecule has 4 heteroatoms. The van der Waals surface area contributed by atoms with E-state index in [0.717, 1.165) is 25.0 Å². The number of aromatic carboxylic acids is 1. The Bertz CT molecular complexity index is 349. The smallest absolute Gasteiger partial charge is 0.337 e. The van der Waals surface area contributed by atoms with Crippen molar-refractivity contribution in [3.8, 4) is 0 Å². The highest BCUT2D eigenvalue weighted by atomic mass is 16.4. The van der Waals surface area contributed by atoms with Crippen LogP contribution in [0.4, 0.5) is 0 Å². The largest absolute Gasteiger partial charge is 0.478 e. The maximum absolute atomic E-state index is 10.7. The number of carboxylic acids is 1. The van der Waals surface area contributed by atoms with Gasteiger partial charge in [-0.05, 0) is 25.0 Å². The van der Waals surface area contributed by atoms with Gasteiger partial charge < -0.3 is 10.4 Å². The fourth-order valence-corrected chi connectivity index (χ4v) is 1.70. The number of carboxylic acid groups (broad SMARTS) is 1. The van der Waals surface area contributed by atoms with Gasteiger partial charge in [-0.1, -0.05) is 20.3 Å². The molecule has 0 spiro atoms. The molecule has 0 amide bonds. The molecule has 0 saturated carbocycles. The van der Waals surface area contributed by atoms with Crippen LogP contribution in [0.2, 0.25) is 0 Å². The van der Waals surface area contributed by atoms with Gasteiger partial charge in [0.15, 0.2) is 0 Å². The van der Waals surface area contributed by atoms with E-state index in [1.54, 1.807) is 12.1 Å². The van der Waals surface area contributed by atoms with Crippen molar-refractivity contribution in [2.45, 2.75) is 45.7 Å². The number of nitrogens with one attached hydrogen (secondary N) is 1. The number of hydrogen-bond acceptors (Lipinski definition) is 3. The van der Waals surface area contributed by atoms with Crippen molar-refractivity contribution in [1.29, 1.82) is 0 Å². The molecule has 1 heterocycles. The van der Waals surface area contributed by atoms with Crippen LogP contribution in [0.3, 0.4) is 0 Å². The third-order valence-electron chi connectivity index (χ3n) is 2.77. The van der Waals surface area contributed by atoms with Crippen LogP contribution in [0, 0.1) is 0 Å². The first kappa shape index (κ1) is 13.6. The van der Waals surface area contributed by atoms with Gasteiger partial charge in [0.25, 0.3) is 0 Å². The van der Waals surface area contributed by atoms with Gasteiger partial charge >= 0.3 is 5.97 Å². The van der Waals surface area contributed by atoms with Gasteiger partial charge in [-0.25, -0.2) is 4.79 Å². The monoisotopic (exact) mass is 236 g/mol. The first-order chi connectivity index (χ1) is 8.17. The first-order valence-electron chi connectivity index (χ1n) is 6.09. The van der Waals surface area contributed by atoms with Crippen LogP contribution in [0.25, 0.3) is 0 Å². The van der Waals surface area contributed by atoms with E-state index in [0.29, 0.717) is 12.6 Å². The molecule has 1 rings (SSSR count). The van der Waals surface area contributed by atoms with E-state index < -0.39 is 5.97 Å². The van der Waals surface area contributed by atoms with E-state index in [1.165, 1.54) is 6.20 Å². The van der Waals surface area contributed by atoms with E-state index in [2.05, 4.69) is 24.1 Å². The lowest BCUT2D eigenvalue weighted by molar-refractivity contribution is 0.0696. The molecule has 2 N–H and O–H groups in total. The summed E-state index contributed by atoms with van der Waals surface area (Å²) in [6.45, 7) is 5.02. The number of rotatable bonds is 7. The van der Waals surface area contributed by atoms with Crippen LogP contribution < -0.4 is 5.32 Å². The highest BCUT2D eigenvalue weighted by molar-refractivity contribution is 5.87. The SMILES string of the molecule is CCCC(CC)NCc1ccc(C(=O)O)cn1. The predicted molar refractivity (Wildman–Crippen MR) is 67.0 cm³/mol. The minimum Gasteiger partial charge on any atom is -0.478 e. The molecule has 0 aliphatic rings. The molecule has 1 aromatic rings. The summed E-state index contributed by atoms with van der Waals surface area (Å²) in [5, 5.41) is 12.2. The summed E-state index contributed by atoms with van der Waals surface area (Å²) >= 11 is 0. The van der Waals surface area contributed by atoms with Gasteiger partial charge in [-0.3, -0.25) is 4.98 Å². The van der Waals surface area contributed by atoms with Gasteiger partial charge in [-0.2, -0.15) is 0 Å². The van der Waals surface area contributed by atoms with Gasteiger partial charge in [0.1, 0.15) is 0 Å². The Morgan fingerprint density at radius 2 is 2.24 bits per heavy atom. The number of nitrogens with zero attached hydrogens (tertiary/aromatic N) is 1. The van der Waals surface area contributed by atoms with Crippen molar-refractivity contribution in [2.75, 3.05) is 0 Å². The molecule has 94 valence electrons. The lowest BCUT2D eigenvalue weighted by atomic mass is 10.1. The molecule has 0 aliphatic carbocycles. The normalized spacial score (nSPS) is 12.4. The summed E-state index contributed by atoms with van der Waals surface area (Å²) in [6.07, 6.45) is 4.82. The molecule has 1 aromatic heterocycles. The highest BCUT2D eigenvalue weighted by Crippen LogP contribution is 2.04. The van der Waals surface area contributed by atoms with E-state index in [9.17, 15) is 4.79 Å². The quantitative estimate of drug-likeness (QED) is 0.763. The molecular weight excluding hydrogens is 216 g/mol. The Morgan fingerprint density at radius 3 is 2.71 bits per heavy atom. The Labute approximate surface area is 102 Å². The van der Waals surface area contributed by atoms with Crippen molar-refractivity contribution in [3.05, 3.63) is 29.6 Å². The summed E-state index contributed by atoms with van der Waals surface area (Å²) in [5.74, 6) is -0.936. The third kappa shape index (κ3) is 4.53. The van der Waals surface area contributed by atoms with E-state index in [-0.39, 0.29) is 5.56 Å². The van der Waals surface area contributed by atoms with Crippen LogP contribution in [0.5, 0.6) is 0 Å². The van der Waals surface area contributed by atoms with Crippen LogP contribution >= 0.6 is 0 Å². The standard InChI is InChI=1S/C13H20N2O2/c1-3-5-11(4-2)15-9-12-7-6-10(8-14-12)13(16)17/h6-8,11,15H,3-5,9H2,1-2H3,(H,16,17). The summed E-state index contributed by atoms with van der Waals surface area (Å²) < 4.78 is 0. The van der Waals surface area contributed by atoms with Gasteiger partial charge in [0.05, 0.1) is 11.3 Å². The molecule has 4 nitrogen and oxygen atoms in total. The average molecular weight is 236 g/mol. The fourth-order valence-electron chi connectivity index (χ4n) is 1.70. The van der Waals surface area contributed by atoms with Crippen molar-refractivity contribution in [1.82, 2.24) is 10.3 Å². The van der Waals surface area contributed by atoms with Gasteiger partial charge in [0, 0.05) is 18.8 Å². The second-order valence-electron chi connectivity index (χ2n) is 4.12. The first-order valence-corrected chi connectivity index (χ1v) is 6.09. The summed E-state index contributed by atoms with van der Waals surface area (Å²) in [6, 6.07) is 3.86. The molecule has 0 fully saturated rings. The molecule has 17 heavy (non-hydrogen) atoms. The number of hydrogen-bond donors (Lipinski definition) is 2. The minimum absolute atomic E-state index is 0.231. The molecular formula is C13H20N2O2. The Kier molecular flexibility index (Phi) is 5.63. The zero-order chi connectivity index (χ0) is 12.7. The van der Waals surface area contributed by atoms with Gasteiger partial charge in [-0.15, -0.1) is 0 Å². The average Bonchev–Trinajstić information content (AvgIpc) is 2.35. The molecule has 0 aliphatic heterocycles. The zero-order valence-electron chi connectivity index (χ0n) is 10.4. The van der Waals surface area contributed by atoms with Crippen molar-refractivity contribution in [3.63, 3.8) is 0 Å². The topological polar surface area (TPSA) is 62.2 Å². The Morgan fingerprint density at radius 1 is 1.47 bits per heavy atom. The van der Waals surface area contributed by atoms with E-state index >= 15 is 0 Å². The predicted octanol–water partition coefficient (Wildman–Crippen LogP) is 2.45. The van der Waals surface area contributed by atoms with Crippen LogP contribution in [0.1, 0.15) is 49.2 Å². The number of aromatic nitrogens is 1. The van der Waals surface area contributed by atoms with Gasteiger partial charge in [0.2, 0.25) is 0 Å². The molecule has 1 atom stereocenters. The lowest BCUT2D eigenvalue weighted by Gasteiger charge is -2.15. The highest BCUT2D eigenvalue weighted by Gasteiger charge is 2.06. The molecule has 0 aromatic carbocycles. The molecule has 0 saturated heterocycles. The maximum Gasteiger partial charge on any atom is 0.337 e. The summed E-state index contributed by atoms with van der Waals surface area (Å²) in [7, 11) is 0. The second-order valence-corrected chi connectivity index (χ2v) is 4.12. The summed E-state index contributed by atoms with van der Waals surface area (Å²) in [5.41, 5.74) is 1.11. The Balaban J connectivity index is 2.48. The van der Waals surface area contributed by atoms with Crippen LogP contribution in [0.15, 0.2) is 18.3 Å². The van der Waals surface area contributed by atoms with E-state index in [1.807, 2.05) is 0 Å². The number of carbonyl (C=O) groups is 1. The summed E-state index contributed by atoms with van der Waals surface area (Å²) in [4.78, 5) is 14.8. The van der Waals surface area contributed by atoms with E-state index in [4.69, 9.17) is 5.11 Å². The minimum atomic E-state index is -0.936.